The number of hydrogen-bond donors (Lipinski definition) is 1. The lowest BCUT2D eigenvalue weighted by Gasteiger charge is -2.04. The maximum Gasteiger partial charge on any atom is 0.188 e. The summed E-state index contributed by atoms with van der Waals surface area (Å²) in [4.78, 5) is 0. The summed E-state index contributed by atoms with van der Waals surface area (Å²) in [7, 11) is 1.52. The van der Waals surface area contributed by atoms with Gasteiger partial charge in [0.15, 0.2) is 6.79 Å². The third-order valence-corrected chi connectivity index (χ3v) is 0.822. The number of allylic oxidation sites excluding steroid dienone is 2. The van der Waals surface area contributed by atoms with Crippen LogP contribution >= 0.6 is 0 Å². The van der Waals surface area contributed by atoms with Gasteiger partial charge < -0.3 is 14.6 Å². The van der Waals surface area contributed by atoms with Gasteiger partial charge in [-0.2, -0.15) is 0 Å². The van der Waals surface area contributed by atoms with Gasteiger partial charge in [-0.3, -0.25) is 0 Å². The molecule has 1 N–H and O–H groups in total. The summed E-state index contributed by atoms with van der Waals surface area (Å²) < 4.78 is 9.51. The highest BCUT2D eigenvalue weighted by Crippen LogP contribution is 1.94. The van der Waals surface area contributed by atoms with Crippen molar-refractivity contribution in [2.24, 2.45) is 0 Å². The van der Waals surface area contributed by atoms with Crippen LogP contribution in [0.2, 0.25) is 0 Å². The van der Waals surface area contributed by atoms with Gasteiger partial charge in [-0.05, 0) is 6.08 Å². The third-order valence-electron chi connectivity index (χ3n) is 0.822. The van der Waals surface area contributed by atoms with E-state index < -0.39 is 0 Å². The van der Waals surface area contributed by atoms with E-state index in [0.29, 0.717) is 5.76 Å². The molecule has 0 aliphatic heterocycles. The number of hydrogen-bond acceptors (Lipinski definition) is 3. The van der Waals surface area contributed by atoms with E-state index >= 15 is 0 Å². The van der Waals surface area contributed by atoms with Crippen LogP contribution in [-0.2, 0) is 9.47 Å². The molecule has 3 heteroatoms. The van der Waals surface area contributed by atoms with Crippen LogP contribution in [-0.4, -0.2) is 25.6 Å². The number of rotatable bonds is 5. The summed E-state index contributed by atoms with van der Waals surface area (Å²) >= 11 is 0. The molecular formula is C7H12O3. The highest BCUT2D eigenvalue weighted by Gasteiger charge is 1.91. The average Bonchev–Trinajstić information content (AvgIpc) is 1.98. The third kappa shape index (κ3) is 4.12. The van der Waals surface area contributed by atoms with Crippen LogP contribution in [0, 0.1) is 0 Å². The van der Waals surface area contributed by atoms with Gasteiger partial charge in [-0.15, -0.1) is 0 Å². The maximum atomic E-state index is 8.59. The van der Waals surface area contributed by atoms with Gasteiger partial charge in [0, 0.05) is 7.11 Å². The number of aliphatic hydroxyl groups excluding tert-OH is 1. The van der Waals surface area contributed by atoms with E-state index in [9.17, 15) is 0 Å². The van der Waals surface area contributed by atoms with Gasteiger partial charge in [-0.25, -0.2) is 0 Å². The van der Waals surface area contributed by atoms with Gasteiger partial charge >= 0.3 is 0 Å². The molecule has 0 spiro atoms. The van der Waals surface area contributed by atoms with Gasteiger partial charge in [0.1, 0.15) is 12.4 Å². The zero-order valence-electron chi connectivity index (χ0n) is 6.04. The SMILES string of the molecule is C=C/C=C(\CO)OCOC. The zero-order chi connectivity index (χ0) is 7.82. The molecule has 0 bridgehead atoms. The van der Waals surface area contributed by atoms with E-state index in [1.807, 2.05) is 0 Å². The largest absolute Gasteiger partial charge is 0.469 e. The summed E-state index contributed by atoms with van der Waals surface area (Å²) in [5.41, 5.74) is 0. The molecule has 0 heterocycles. The van der Waals surface area contributed by atoms with Crippen LogP contribution in [0.1, 0.15) is 0 Å². The van der Waals surface area contributed by atoms with Gasteiger partial charge in [0.2, 0.25) is 0 Å². The summed E-state index contributed by atoms with van der Waals surface area (Å²) in [5.74, 6) is 0.455. The lowest BCUT2D eigenvalue weighted by Crippen LogP contribution is -1.99. The normalized spacial score (nSPS) is 11.2. The van der Waals surface area contributed by atoms with Crippen molar-refractivity contribution in [1.29, 1.82) is 0 Å². The van der Waals surface area contributed by atoms with E-state index in [-0.39, 0.29) is 13.4 Å². The molecule has 0 aliphatic carbocycles. The van der Waals surface area contributed by atoms with Gasteiger partial charge in [0.05, 0.1) is 0 Å². The maximum absolute atomic E-state index is 8.59. The second kappa shape index (κ2) is 6.32. The summed E-state index contributed by atoms with van der Waals surface area (Å²) in [6.45, 7) is 3.47. The molecular weight excluding hydrogens is 132 g/mol. The van der Waals surface area contributed by atoms with E-state index in [0.717, 1.165) is 0 Å². The Kier molecular flexibility index (Phi) is 5.82. The lowest BCUT2D eigenvalue weighted by atomic mass is 10.4. The topological polar surface area (TPSA) is 38.7 Å². The fourth-order valence-corrected chi connectivity index (χ4v) is 0.413. The number of ether oxygens (including phenoxy) is 2. The van der Waals surface area contributed by atoms with Crippen molar-refractivity contribution in [3.05, 3.63) is 24.5 Å². The monoisotopic (exact) mass is 144 g/mol. The molecule has 0 aromatic rings. The summed E-state index contributed by atoms with van der Waals surface area (Å²) in [6, 6.07) is 0. The Balaban J connectivity index is 3.59. The Labute approximate surface area is 60.6 Å². The molecule has 0 saturated heterocycles. The fourth-order valence-electron chi connectivity index (χ4n) is 0.413. The standard InChI is InChI=1S/C7H12O3/c1-3-4-7(5-8)10-6-9-2/h3-4,8H,1,5-6H2,2H3/b7-4+. The Hall–Kier alpha value is -0.800. The predicted octanol–water partition coefficient (Wildman–Crippen LogP) is 0.669. The zero-order valence-corrected chi connectivity index (χ0v) is 6.04. The first-order valence-corrected chi connectivity index (χ1v) is 2.89. The molecule has 0 radical (unpaired) electrons. The van der Waals surface area contributed by atoms with Crippen LogP contribution in [0.15, 0.2) is 24.5 Å². The molecule has 0 aromatic heterocycles. The molecule has 0 atom stereocenters. The first-order chi connectivity index (χ1) is 4.85. The van der Waals surface area contributed by atoms with E-state index in [4.69, 9.17) is 9.84 Å². The Morgan fingerprint density at radius 2 is 2.40 bits per heavy atom. The second-order valence-corrected chi connectivity index (χ2v) is 1.58. The molecule has 0 aliphatic rings. The van der Waals surface area contributed by atoms with E-state index in [1.54, 1.807) is 12.2 Å². The first kappa shape index (κ1) is 9.20. The molecule has 0 aromatic carbocycles. The lowest BCUT2D eigenvalue weighted by molar-refractivity contribution is -0.00456. The van der Waals surface area contributed by atoms with Gasteiger partial charge in [0.25, 0.3) is 0 Å². The van der Waals surface area contributed by atoms with Gasteiger partial charge in [-0.1, -0.05) is 12.7 Å². The quantitative estimate of drug-likeness (QED) is 0.350. The number of aliphatic hydroxyl groups is 1. The molecule has 58 valence electrons. The molecule has 3 nitrogen and oxygen atoms in total. The van der Waals surface area contributed by atoms with Crippen molar-refractivity contribution >= 4 is 0 Å². The van der Waals surface area contributed by atoms with E-state index in [2.05, 4.69) is 11.3 Å². The summed E-state index contributed by atoms with van der Waals surface area (Å²) in [6.07, 6.45) is 3.13. The Bertz CT molecular complexity index is 118. The van der Waals surface area contributed by atoms with Crippen molar-refractivity contribution in [3.63, 3.8) is 0 Å². The minimum absolute atomic E-state index is 0.130. The van der Waals surface area contributed by atoms with Crippen molar-refractivity contribution in [2.75, 3.05) is 20.5 Å². The molecule has 0 fully saturated rings. The minimum Gasteiger partial charge on any atom is -0.469 e. The molecule has 0 unspecified atom stereocenters. The van der Waals surface area contributed by atoms with Crippen LogP contribution < -0.4 is 0 Å². The molecule has 10 heavy (non-hydrogen) atoms. The average molecular weight is 144 g/mol. The van der Waals surface area contributed by atoms with Crippen LogP contribution in [0.3, 0.4) is 0 Å². The van der Waals surface area contributed by atoms with E-state index in [1.165, 1.54) is 7.11 Å². The predicted molar refractivity (Wildman–Crippen MR) is 38.3 cm³/mol. The number of methoxy groups -OCH3 is 1. The smallest absolute Gasteiger partial charge is 0.188 e. The van der Waals surface area contributed by atoms with Crippen molar-refractivity contribution in [3.8, 4) is 0 Å². The second-order valence-electron chi connectivity index (χ2n) is 1.58. The Morgan fingerprint density at radius 3 is 2.80 bits per heavy atom. The van der Waals surface area contributed by atoms with Crippen molar-refractivity contribution in [1.82, 2.24) is 0 Å². The first-order valence-electron chi connectivity index (χ1n) is 2.89. The highest BCUT2D eigenvalue weighted by atomic mass is 16.7. The Morgan fingerprint density at radius 1 is 1.70 bits per heavy atom. The van der Waals surface area contributed by atoms with Crippen molar-refractivity contribution in [2.45, 2.75) is 0 Å². The highest BCUT2D eigenvalue weighted by molar-refractivity contribution is 5.03. The molecule has 0 rings (SSSR count). The molecule has 0 saturated carbocycles. The molecule has 0 amide bonds. The van der Waals surface area contributed by atoms with Crippen LogP contribution in [0.4, 0.5) is 0 Å². The minimum atomic E-state index is -0.130. The fraction of sp³-hybridized carbons (Fsp3) is 0.429. The van der Waals surface area contributed by atoms with Crippen LogP contribution in [0.25, 0.3) is 0 Å². The summed E-state index contributed by atoms with van der Waals surface area (Å²) in [5, 5.41) is 8.59. The van der Waals surface area contributed by atoms with Crippen molar-refractivity contribution < 1.29 is 14.6 Å². The van der Waals surface area contributed by atoms with Crippen LogP contribution in [0.5, 0.6) is 0 Å².